The van der Waals surface area contributed by atoms with E-state index in [9.17, 15) is 9.90 Å². The molecule has 0 radical (unpaired) electrons. The second-order valence-corrected chi connectivity index (χ2v) is 3.78. The summed E-state index contributed by atoms with van der Waals surface area (Å²) >= 11 is 0. The van der Waals surface area contributed by atoms with Gasteiger partial charge >= 0.3 is 0 Å². The van der Waals surface area contributed by atoms with E-state index >= 15 is 0 Å². The van der Waals surface area contributed by atoms with Crippen LogP contribution in [0.4, 0.5) is 0 Å². The van der Waals surface area contributed by atoms with Gasteiger partial charge in [-0.05, 0) is 31.4 Å². The molecular formula is C13H12O2. The Balaban J connectivity index is 2.79. The quantitative estimate of drug-likeness (QED) is 0.718. The molecule has 0 heterocycles. The fourth-order valence-corrected chi connectivity index (χ4v) is 1.67. The molecule has 0 aliphatic rings. The third-order valence-corrected chi connectivity index (χ3v) is 2.49. The molecule has 0 atom stereocenters. The number of hydrogen-bond acceptors (Lipinski definition) is 2. The summed E-state index contributed by atoms with van der Waals surface area (Å²) in [6.07, 6.45) is 0. The van der Waals surface area contributed by atoms with Gasteiger partial charge in [-0.3, -0.25) is 4.79 Å². The largest absolute Gasteiger partial charge is 0.507 e. The van der Waals surface area contributed by atoms with Crippen LogP contribution < -0.4 is 0 Å². The smallest absolute Gasteiger partial charge is 0.159 e. The predicted octanol–water partition coefficient (Wildman–Crippen LogP) is 3.06. The summed E-state index contributed by atoms with van der Waals surface area (Å²) in [5, 5.41) is 11.4. The van der Waals surface area contributed by atoms with Gasteiger partial charge in [0.2, 0.25) is 0 Å². The topological polar surface area (TPSA) is 37.3 Å². The van der Waals surface area contributed by atoms with Crippen molar-refractivity contribution in [2.24, 2.45) is 0 Å². The fourth-order valence-electron chi connectivity index (χ4n) is 1.67. The lowest BCUT2D eigenvalue weighted by molar-refractivity contribution is 0.101. The standard InChI is InChI=1S/C13H12O2/c1-8-3-4-12-11(5-8)6-10(9(2)14)7-13(12)15/h3-7,15H,1-2H3. The van der Waals surface area contributed by atoms with Gasteiger partial charge in [0.05, 0.1) is 0 Å². The maximum absolute atomic E-state index is 11.2. The van der Waals surface area contributed by atoms with Crippen molar-refractivity contribution in [1.82, 2.24) is 0 Å². The summed E-state index contributed by atoms with van der Waals surface area (Å²) in [6.45, 7) is 3.48. The number of benzene rings is 2. The number of hydrogen-bond donors (Lipinski definition) is 1. The molecule has 0 saturated heterocycles. The van der Waals surface area contributed by atoms with Crippen molar-refractivity contribution in [3.05, 3.63) is 41.5 Å². The Morgan fingerprint density at radius 3 is 2.60 bits per heavy atom. The average Bonchev–Trinajstić information content (AvgIpc) is 2.16. The van der Waals surface area contributed by atoms with E-state index in [1.54, 1.807) is 0 Å². The Hall–Kier alpha value is -1.83. The number of ketones is 1. The van der Waals surface area contributed by atoms with Gasteiger partial charge in [-0.25, -0.2) is 0 Å². The summed E-state index contributed by atoms with van der Waals surface area (Å²) in [5.74, 6) is 0.131. The third-order valence-electron chi connectivity index (χ3n) is 2.49. The summed E-state index contributed by atoms with van der Waals surface area (Å²) in [5.41, 5.74) is 1.66. The van der Waals surface area contributed by atoms with E-state index in [2.05, 4.69) is 0 Å². The number of rotatable bonds is 1. The minimum atomic E-state index is -0.0336. The third kappa shape index (κ3) is 1.71. The van der Waals surface area contributed by atoms with Gasteiger partial charge < -0.3 is 5.11 Å². The van der Waals surface area contributed by atoms with Crippen LogP contribution in [0.1, 0.15) is 22.8 Å². The molecule has 2 heteroatoms. The van der Waals surface area contributed by atoms with Gasteiger partial charge in [0.1, 0.15) is 5.75 Å². The van der Waals surface area contributed by atoms with Gasteiger partial charge in [-0.15, -0.1) is 0 Å². The zero-order valence-electron chi connectivity index (χ0n) is 8.74. The van der Waals surface area contributed by atoms with Crippen LogP contribution in [-0.2, 0) is 0 Å². The van der Waals surface area contributed by atoms with Crippen molar-refractivity contribution in [2.45, 2.75) is 13.8 Å². The highest BCUT2D eigenvalue weighted by atomic mass is 16.3. The van der Waals surface area contributed by atoms with Crippen LogP contribution >= 0.6 is 0 Å². The number of aromatic hydroxyl groups is 1. The number of phenolic OH excluding ortho intramolecular Hbond substituents is 1. The number of carbonyl (C=O) groups excluding carboxylic acids is 1. The molecule has 0 aromatic heterocycles. The Bertz CT molecular complexity index is 541. The molecule has 0 unspecified atom stereocenters. The minimum Gasteiger partial charge on any atom is -0.507 e. The second kappa shape index (κ2) is 3.39. The van der Waals surface area contributed by atoms with E-state index in [1.165, 1.54) is 13.0 Å². The molecule has 15 heavy (non-hydrogen) atoms. The summed E-state index contributed by atoms with van der Waals surface area (Å²) < 4.78 is 0. The van der Waals surface area contributed by atoms with E-state index in [0.717, 1.165) is 16.3 Å². The van der Waals surface area contributed by atoms with Crippen molar-refractivity contribution in [3.63, 3.8) is 0 Å². The average molecular weight is 200 g/mol. The number of aryl methyl sites for hydroxylation is 1. The molecule has 2 aromatic carbocycles. The normalized spacial score (nSPS) is 10.5. The number of phenols is 1. The zero-order valence-corrected chi connectivity index (χ0v) is 8.74. The Kier molecular flexibility index (Phi) is 2.19. The van der Waals surface area contributed by atoms with E-state index in [1.807, 2.05) is 31.2 Å². The first-order chi connectivity index (χ1) is 7.08. The van der Waals surface area contributed by atoms with E-state index < -0.39 is 0 Å². The highest BCUT2D eigenvalue weighted by Gasteiger charge is 2.05. The number of Topliss-reactive ketones (excluding diaryl/α,β-unsaturated/α-hetero) is 1. The molecule has 0 aliphatic heterocycles. The molecule has 0 spiro atoms. The summed E-state index contributed by atoms with van der Waals surface area (Å²) in [4.78, 5) is 11.2. The number of fused-ring (bicyclic) bond motifs is 1. The van der Waals surface area contributed by atoms with Crippen LogP contribution in [0.15, 0.2) is 30.3 Å². The highest BCUT2D eigenvalue weighted by molar-refractivity contribution is 6.00. The lowest BCUT2D eigenvalue weighted by atomic mass is 10.0. The minimum absolute atomic E-state index is 0.0336. The first-order valence-electron chi connectivity index (χ1n) is 4.82. The van der Waals surface area contributed by atoms with Crippen LogP contribution in [-0.4, -0.2) is 10.9 Å². The molecule has 0 bridgehead atoms. The lowest BCUT2D eigenvalue weighted by Crippen LogP contribution is -1.91. The molecule has 0 fully saturated rings. The lowest BCUT2D eigenvalue weighted by Gasteiger charge is -2.04. The van der Waals surface area contributed by atoms with Crippen LogP contribution in [0.2, 0.25) is 0 Å². The Morgan fingerprint density at radius 1 is 1.20 bits per heavy atom. The van der Waals surface area contributed by atoms with Crippen molar-refractivity contribution < 1.29 is 9.90 Å². The summed E-state index contributed by atoms with van der Waals surface area (Å²) in [6, 6.07) is 9.09. The number of carbonyl (C=O) groups is 1. The molecule has 2 rings (SSSR count). The SMILES string of the molecule is CC(=O)c1cc(O)c2ccc(C)cc2c1. The molecule has 2 aromatic rings. The second-order valence-electron chi connectivity index (χ2n) is 3.78. The van der Waals surface area contributed by atoms with Gasteiger partial charge in [0.15, 0.2) is 5.78 Å². The van der Waals surface area contributed by atoms with Crippen molar-refractivity contribution in [2.75, 3.05) is 0 Å². The predicted molar refractivity (Wildman–Crippen MR) is 60.4 cm³/mol. The molecule has 1 N–H and O–H groups in total. The van der Waals surface area contributed by atoms with E-state index in [0.29, 0.717) is 5.56 Å². The maximum atomic E-state index is 11.2. The highest BCUT2D eigenvalue weighted by Crippen LogP contribution is 2.27. The molecule has 76 valence electrons. The monoisotopic (exact) mass is 200 g/mol. The Labute approximate surface area is 88.2 Å². The van der Waals surface area contributed by atoms with Crippen LogP contribution in [0.3, 0.4) is 0 Å². The van der Waals surface area contributed by atoms with Crippen LogP contribution in [0.25, 0.3) is 10.8 Å². The van der Waals surface area contributed by atoms with Crippen LogP contribution in [0.5, 0.6) is 5.75 Å². The Morgan fingerprint density at radius 2 is 1.93 bits per heavy atom. The van der Waals surface area contributed by atoms with Gasteiger partial charge in [-0.2, -0.15) is 0 Å². The van der Waals surface area contributed by atoms with Crippen LogP contribution in [0, 0.1) is 6.92 Å². The fraction of sp³-hybridized carbons (Fsp3) is 0.154. The van der Waals surface area contributed by atoms with Gasteiger partial charge in [0.25, 0.3) is 0 Å². The molecular weight excluding hydrogens is 188 g/mol. The first kappa shape index (κ1) is 9.71. The molecule has 0 aliphatic carbocycles. The maximum Gasteiger partial charge on any atom is 0.159 e. The van der Waals surface area contributed by atoms with Gasteiger partial charge in [-0.1, -0.05) is 23.8 Å². The van der Waals surface area contributed by atoms with Crippen molar-refractivity contribution in [3.8, 4) is 5.75 Å². The summed E-state index contributed by atoms with van der Waals surface area (Å²) in [7, 11) is 0. The van der Waals surface area contributed by atoms with E-state index in [-0.39, 0.29) is 11.5 Å². The van der Waals surface area contributed by atoms with E-state index in [4.69, 9.17) is 0 Å². The molecule has 0 saturated carbocycles. The molecule has 2 nitrogen and oxygen atoms in total. The zero-order chi connectivity index (χ0) is 11.0. The van der Waals surface area contributed by atoms with Crippen molar-refractivity contribution >= 4 is 16.6 Å². The first-order valence-corrected chi connectivity index (χ1v) is 4.82. The molecule has 0 amide bonds. The van der Waals surface area contributed by atoms with Gasteiger partial charge in [0, 0.05) is 10.9 Å². The van der Waals surface area contributed by atoms with Crippen molar-refractivity contribution in [1.29, 1.82) is 0 Å².